The Morgan fingerprint density at radius 1 is 0.286 bits per heavy atom. The van der Waals surface area contributed by atoms with Gasteiger partial charge >= 0.3 is 37.7 Å². The maximum Gasteiger partial charge on any atom is 1.00 e. The summed E-state index contributed by atoms with van der Waals surface area (Å²) in [6.45, 7) is 0. The number of rotatable bonds is 10. The Balaban J connectivity index is 0.00000240. The molecule has 0 atom stereocenters. The zero-order valence-corrected chi connectivity index (χ0v) is 33.0. The van der Waals surface area contributed by atoms with Crippen LogP contribution in [-0.4, -0.2) is 0 Å². The van der Waals surface area contributed by atoms with Crippen molar-refractivity contribution in [3.8, 4) is 44.5 Å². The number of anilines is 6. The van der Waals surface area contributed by atoms with Gasteiger partial charge in [0.1, 0.15) is 0 Å². The standard InChI is InChI=1S/C50H34N2S2.2Li/c1-7-19-37(20-8-1)45-35-53-49(47(45)39-23-11-3-12-24-39)51(41-27-15-5-16-28-41)43-31-33-44(34-32-43)52(42-29-17-6-18-30-42)50-48(40-25-13-4-14-26-40)46(36-54-50)38-21-9-2-10-22-38;;/h1-34H;;/q-2;2*+1. The molecule has 258 valence electrons. The predicted molar refractivity (Wildman–Crippen MR) is 231 cm³/mol. The van der Waals surface area contributed by atoms with Crippen LogP contribution < -0.4 is 47.5 Å². The van der Waals surface area contributed by atoms with E-state index in [1.165, 1.54) is 11.1 Å². The van der Waals surface area contributed by atoms with E-state index in [1.807, 2.05) is 0 Å². The molecule has 0 saturated heterocycles. The number of hydrogen-bond acceptors (Lipinski definition) is 4. The van der Waals surface area contributed by atoms with Gasteiger partial charge < -0.3 is 9.80 Å². The predicted octanol–water partition coefficient (Wildman–Crippen LogP) is 9.03. The number of thiophene rings is 2. The maximum absolute atomic E-state index is 3.71. The van der Waals surface area contributed by atoms with E-state index in [0.717, 1.165) is 66.1 Å². The zero-order valence-electron chi connectivity index (χ0n) is 31.3. The van der Waals surface area contributed by atoms with E-state index in [-0.39, 0.29) is 37.7 Å². The summed E-state index contributed by atoms with van der Waals surface area (Å²) in [5.41, 5.74) is 13.5. The average Bonchev–Trinajstić information content (AvgIpc) is 3.89. The molecule has 7 aromatic carbocycles. The second kappa shape index (κ2) is 18.1. The molecule has 0 spiro atoms. The quantitative estimate of drug-likeness (QED) is 0.102. The van der Waals surface area contributed by atoms with E-state index < -0.39 is 0 Å². The molecule has 9 rings (SSSR count). The minimum atomic E-state index is 0. The van der Waals surface area contributed by atoms with Crippen molar-refractivity contribution in [2.75, 3.05) is 9.80 Å². The van der Waals surface area contributed by atoms with Crippen LogP contribution in [0.5, 0.6) is 0 Å². The number of para-hydroxylation sites is 2. The maximum atomic E-state index is 3.71. The average molecular weight is 741 g/mol. The molecule has 2 nitrogen and oxygen atoms in total. The van der Waals surface area contributed by atoms with E-state index in [9.17, 15) is 0 Å². The van der Waals surface area contributed by atoms with Gasteiger partial charge in [0.25, 0.3) is 0 Å². The minimum absolute atomic E-state index is 0. The number of nitrogens with zero attached hydrogens (tertiary/aromatic N) is 2. The van der Waals surface area contributed by atoms with Crippen molar-refractivity contribution in [1.82, 2.24) is 0 Å². The van der Waals surface area contributed by atoms with Gasteiger partial charge in [0.15, 0.2) is 0 Å². The molecule has 0 bridgehead atoms. The summed E-state index contributed by atoms with van der Waals surface area (Å²) < 4.78 is 0. The molecular formula is C50H34Li2N2S2. The van der Waals surface area contributed by atoms with E-state index in [0.29, 0.717) is 0 Å². The van der Waals surface area contributed by atoms with Crippen LogP contribution in [0.15, 0.2) is 206 Å². The van der Waals surface area contributed by atoms with Gasteiger partial charge in [-0.2, -0.15) is 0 Å². The van der Waals surface area contributed by atoms with E-state index in [1.54, 1.807) is 22.7 Å². The largest absolute Gasteiger partial charge is 1.00 e. The van der Waals surface area contributed by atoms with Crippen molar-refractivity contribution >= 4 is 55.4 Å². The molecule has 6 heteroatoms. The summed E-state index contributed by atoms with van der Waals surface area (Å²) in [5, 5.41) is 9.65. The van der Waals surface area contributed by atoms with Crippen LogP contribution >= 0.6 is 22.7 Å². The van der Waals surface area contributed by atoms with Crippen molar-refractivity contribution in [2.45, 2.75) is 0 Å². The fraction of sp³-hybridized carbons (Fsp3) is 0. The van der Waals surface area contributed by atoms with Gasteiger partial charge in [-0.25, -0.2) is 22.7 Å². The summed E-state index contributed by atoms with van der Waals surface area (Å²) in [7, 11) is 0. The second-order valence-corrected chi connectivity index (χ2v) is 14.4. The smallest absolute Gasteiger partial charge is 0.350 e. The van der Waals surface area contributed by atoms with Crippen molar-refractivity contribution in [1.29, 1.82) is 0 Å². The summed E-state index contributed by atoms with van der Waals surface area (Å²) in [6.07, 6.45) is 0. The Bertz CT molecular complexity index is 2390. The zero-order chi connectivity index (χ0) is 36.1. The van der Waals surface area contributed by atoms with Crippen LogP contribution in [0.2, 0.25) is 0 Å². The first-order chi connectivity index (χ1) is 26.8. The van der Waals surface area contributed by atoms with Crippen LogP contribution in [0, 0.1) is 10.8 Å². The van der Waals surface area contributed by atoms with Gasteiger partial charge in [-0.05, 0) is 58.5 Å². The Labute approximate surface area is 361 Å². The van der Waals surface area contributed by atoms with E-state index in [2.05, 4.69) is 227 Å². The molecule has 0 N–H and O–H groups in total. The van der Waals surface area contributed by atoms with Crippen molar-refractivity contribution in [3.05, 3.63) is 217 Å². The molecule has 56 heavy (non-hydrogen) atoms. The first-order valence-electron chi connectivity index (χ1n) is 17.9. The van der Waals surface area contributed by atoms with Crippen LogP contribution in [0.25, 0.3) is 44.5 Å². The Hall–Kier alpha value is -5.27. The topological polar surface area (TPSA) is 6.48 Å². The number of benzene rings is 7. The molecule has 0 fully saturated rings. The Kier molecular flexibility index (Phi) is 12.6. The fourth-order valence-electron chi connectivity index (χ4n) is 6.97. The van der Waals surface area contributed by atoms with Gasteiger partial charge in [-0.15, -0.1) is 11.1 Å². The van der Waals surface area contributed by atoms with E-state index in [4.69, 9.17) is 0 Å². The van der Waals surface area contributed by atoms with Gasteiger partial charge in [0.05, 0.1) is 0 Å². The molecule has 2 aromatic heterocycles. The van der Waals surface area contributed by atoms with Crippen molar-refractivity contribution in [2.24, 2.45) is 0 Å². The normalized spacial score (nSPS) is 10.6. The SMILES string of the molecule is [Li+].[Li+].[c-]1sc(N(c2ccccc2)c2ccc(N(c3ccccc3)c3s[c-]c(-c4ccccc4)c3-c3ccccc3)cc2)c(-c2ccccc2)c1-c1ccccc1. The molecule has 0 radical (unpaired) electrons. The summed E-state index contributed by atoms with van der Waals surface area (Å²) in [5.74, 6) is 0. The van der Waals surface area contributed by atoms with Crippen molar-refractivity contribution in [3.63, 3.8) is 0 Å². The monoisotopic (exact) mass is 740 g/mol. The molecule has 2 heterocycles. The summed E-state index contributed by atoms with van der Waals surface area (Å²) in [6, 6.07) is 72.8. The number of hydrogen-bond donors (Lipinski definition) is 0. The first-order valence-corrected chi connectivity index (χ1v) is 19.6. The third kappa shape index (κ3) is 7.88. The van der Waals surface area contributed by atoms with Crippen molar-refractivity contribution < 1.29 is 37.7 Å². The third-order valence-electron chi connectivity index (χ3n) is 9.48. The fourth-order valence-corrected chi connectivity index (χ4v) is 9.05. The minimum Gasteiger partial charge on any atom is -0.350 e. The van der Waals surface area contributed by atoms with Crippen LogP contribution in [0.4, 0.5) is 32.8 Å². The van der Waals surface area contributed by atoms with Gasteiger partial charge in [-0.3, -0.25) is 0 Å². The first kappa shape index (κ1) is 39.0. The molecule has 0 amide bonds. The molecule has 0 aliphatic heterocycles. The van der Waals surface area contributed by atoms with Gasteiger partial charge in [-0.1, -0.05) is 202 Å². The molecule has 9 aromatic rings. The second-order valence-electron chi connectivity index (χ2n) is 12.8. The molecule has 0 unspecified atom stereocenters. The third-order valence-corrected chi connectivity index (χ3v) is 11.3. The van der Waals surface area contributed by atoms with E-state index >= 15 is 0 Å². The summed E-state index contributed by atoms with van der Waals surface area (Å²) in [4.78, 5) is 4.74. The Morgan fingerprint density at radius 2 is 0.536 bits per heavy atom. The van der Waals surface area contributed by atoms with Crippen LogP contribution in [0.1, 0.15) is 0 Å². The molecule has 0 aliphatic carbocycles. The summed E-state index contributed by atoms with van der Waals surface area (Å²) >= 11 is 3.31. The molecule has 0 saturated carbocycles. The molecule has 0 aliphatic rings. The van der Waals surface area contributed by atoms with Crippen LogP contribution in [0.3, 0.4) is 0 Å². The van der Waals surface area contributed by atoms with Crippen LogP contribution in [-0.2, 0) is 0 Å². The Morgan fingerprint density at radius 3 is 0.839 bits per heavy atom. The molecular weight excluding hydrogens is 707 g/mol. The van der Waals surface area contributed by atoms with Gasteiger partial charge in [0.2, 0.25) is 0 Å². The van der Waals surface area contributed by atoms with Gasteiger partial charge in [0, 0.05) is 22.7 Å².